The third-order valence-electron chi connectivity index (χ3n) is 4.48. The molecule has 1 amide bonds. The highest BCUT2D eigenvalue weighted by atomic mass is 32.2. The second-order valence-corrected chi connectivity index (χ2v) is 8.12. The lowest BCUT2D eigenvalue weighted by Gasteiger charge is -2.19. The molecule has 32 heavy (non-hydrogen) atoms. The topological polar surface area (TPSA) is 78.3 Å². The Morgan fingerprint density at radius 3 is 2.53 bits per heavy atom. The van der Waals surface area contributed by atoms with Crippen LogP contribution in [0.15, 0.2) is 47.6 Å². The summed E-state index contributed by atoms with van der Waals surface area (Å²) in [6, 6.07) is 10.2. The number of hydrogen-bond acceptors (Lipinski definition) is 6. The number of rotatable bonds is 9. The van der Waals surface area contributed by atoms with Crippen molar-refractivity contribution in [2.75, 3.05) is 18.2 Å². The molecule has 0 spiro atoms. The van der Waals surface area contributed by atoms with Crippen LogP contribution in [0, 0.1) is 11.6 Å². The molecular formula is C22H24F2N4O3S. The monoisotopic (exact) mass is 462 g/mol. The molecule has 3 aromatic rings. The molecule has 0 fully saturated rings. The van der Waals surface area contributed by atoms with Crippen molar-refractivity contribution in [1.29, 1.82) is 0 Å². The quantitative estimate of drug-likeness (QED) is 0.450. The Kier molecular flexibility index (Phi) is 7.68. The molecular weight excluding hydrogens is 438 g/mol. The summed E-state index contributed by atoms with van der Waals surface area (Å²) in [6.45, 7) is 5.78. The number of halogens is 2. The fraction of sp³-hybridized carbons (Fsp3) is 0.318. The number of anilines is 1. The molecule has 170 valence electrons. The Hall–Kier alpha value is -3.14. The Morgan fingerprint density at radius 1 is 1.12 bits per heavy atom. The first-order valence-electron chi connectivity index (χ1n) is 9.92. The minimum Gasteiger partial charge on any atom is -0.493 e. The van der Waals surface area contributed by atoms with Gasteiger partial charge in [-0.1, -0.05) is 23.9 Å². The molecule has 1 atom stereocenters. The van der Waals surface area contributed by atoms with Crippen molar-refractivity contribution >= 4 is 23.4 Å². The number of benzene rings is 2. The lowest BCUT2D eigenvalue weighted by atomic mass is 10.3. The van der Waals surface area contributed by atoms with Crippen molar-refractivity contribution in [2.24, 2.45) is 0 Å². The van der Waals surface area contributed by atoms with Gasteiger partial charge in [0.15, 0.2) is 28.6 Å². The van der Waals surface area contributed by atoms with E-state index in [1.807, 2.05) is 37.5 Å². The lowest BCUT2D eigenvalue weighted by Crippen LogP contribution is -2.17. The summed E-state index contributed by atoms with van der Waals surface area (Å²) in [4.78, 5) is 12.3. The van der Waals surface area contributed by atoms with Gasteiger partial charge in [0.25, 0.3) is 0 Å². The predicted molar refractivity (Wildman–Crippen MR) is 118 cm³/mol. The van der Waals surface area contributed by atoms with Crippen LogP contribution in [0.2, 0.25) is 0 Å². The zero-order valence-corrected chi connectivity index (χ0v) is 19.0. The average molecular weight is 463 g/mol. The van der Waals surface area contributed by atoms with Crippen molar-refractivity contribution in [1.82, 2.24) is 14.8 Å². The number of ether oxygens (including phenoxy) is 2. The van der Waals surface area contributed by atoms with E-state index in [4.69, 9.17) is 9.47 Å². The molecule has 2 aromatic carbocycles. The van der Waals surface area contributed by atoms with Gasteiger partial charge in [0, 0.05) is 12.1 Å². The van der Waals surface area contributed by atoms with Crippen LogP contribution in [0.1, 0.15) is 38.7 Å². The summed E-state index contributed by atoms with van der Waals surface area (Å²) in [5, 5.41) is 11.4. The van der Waals surface area contributed by atoms with Gasteiger partial charge >= 0.3 is 0 Å². The van der Waals surface area contributed by atoms with E-state index in [1.54, 1.807) is 19.2 Å². The average Bonchev–Trinajstić information content (AvgIpc) is 3.20. The lowest BCUT2D eigenvalue weighted by molar-refractivity contribution is -0.113. The summed E-state index contributed by atoms with van der Waals surface area (Å²) in [5.41, 5.74) is -0.208. The maximum Gasteiger partial charge on any atom is 0.234 e. The van der Waals surface area contributed by atoms with Crippen LogP contribution < -0.4 is 14.8 Å². The van der Waals surface area contributed by atoms with Crippen LogP contribution in [-0.4, -0.2) is 33.5 Å². The van der Waals surface area contributed by atoms with Gasteiger partial charge in [-0.05, 0) is 45.0 Å². The van der Waals surface area contributed by atoms with E-state index in [-0.39, 0.29) is 17.5 Å². The van der Waals surface area contributed by atoms with Gasteiger partial charge in [0.05, 0.1) is 18.6 Å². The van der Waals surface area contributed by atoms with Crippen LogP contribution in [0.3, 0.4) is 0 Å². The number of amides is 1. The molecule has 0 bridgehead atoms. The number of carbonyl (C=O) groups excluding carboxylic acids is 1. The third kappa shape index (κ3) is 5.56. The summed E-state index contributed by atoms with van der Waals surface area (Å²) < 4.78 is 40.3. The molecule has 0 aliphatic carbocycles. The van der Waals surface area contributed by atoms with E-state index in [0.717, 1.165) is 30.0 Å². The molecule has 0 saturated carbocycles. The second kappa shape index (κ2) is 10.4. The maximum absolute atomic E-state index is 13.8. The number of carbonyl (C=O) groups is 1. The Morgan fingerprint density at radius 2 is 1.84 bits per heavy atom. The van der Waals surface area contributed by atoms with Crippen LogP contribution in [0.5, 0.6) is 11.5 Å². The molecule has 0 aliphatic rings. The van der Waals surface area contributed by atoms with Gasteiger partial charge in [-0.15, -0.1) is 10.2 Å². The summed E-state index contributed by atoms with van der Waals surface area (Å²) in [7, 11) is 1.57. The van der Waals surface area contributed by atoms with E-state index in [9.17, 15) is 13.6 Å². The van der Waals surface area contributed by atoms with Crippen molar-refractivity contribution in [3.05, 3.63) is 59.9 Å². The van der Waals surface area contributed by atoms with Crippen molar-refractivity contribution in [3.63, 3.8) is 0 Å². The van der Waals surface area contributed by atoms with E-state index < -0.39 is 23.6 Å². The zero-order chi connectivity index (χ0) is 23.3. The summed E-state index contributed by atoms with van der Waals surface area (Å²) in [6.07, 6.45) is -0.439. The number of para-hydroxylation sites is 2. The van der Waals surface area contributed by atoms with Crippen LogP contribution in [0.25, 0.3) is 0 Å². The van der Waals surface area contributed by atoms with E-state index in [0.29, 0.717) is 22.5 Å². The zero-order valence-electron chi connectivity index (χ0n) is 18.1. The SMILES string of the molecule is COc1ccccc1OC(C)c1nnc(SCC(=O)Nc2cc(F)ccc2F)n1C(C)C. The van der Waals surface area contributed by atoms with Crippen molar-refractivity contribution < 1.29 is 23.0 Å². The van der Waals surface area contributed by atoms with Crippen molar-refractivity contribution in [2.45, 2.75) is 38.1 Å². The summed E-state index contributed by atoms with van der Waals surface area (Å²) >= 11 is 1.15. The highest BCUT2D eigenvalue weighted by molar-refractivity contribution is 7.99. The van der Waals surface area contributed by atoms with E-state index in [2.05, 4.69) is 15.5 Å². The molecule has 7 nitrogen and oxygen atoms in total. The Labute approximate surface area is 189 Å². The second-order valence-electron chi connectivity index (χ2n) is 7.18. The van der Waals surface area contributed by atoms with Crippen molar-refractivity contribution in [3.8, 4) is 11.5 Å². The standard InChI is InChI=1S/C22H24F2N4O3S/c1-13(2)28-21(14(3)31-19-8-6-5-7-18(19)30-4)26-27-22(28)32-12-20(29)25-17-11-15(23)9-10-16(17)24/h5-11,13-14H,12H2,1-4H3,(H,25,29). The maximum atomic E-state index is 13.8. The first kappa shape index (κ1) is 23.5. The highest BCUT2D eigenvalue weighted by Gasteiger charge is 2.23. The molecule has 10 heteroatoms. The molecule has 0 aliphatic heterocycles. The van der Waals surface area contributed by atoms with Gasteiger partial charge in [0.1, 0.15) is 11.6 Å². The fourth-order valence-electron chi connectivity index (χ4n) is 3.02. The normalized spacial score (nSPS) is 12.0. The van der Waals surface area contributed by atoms with Crippen LogP contribution in [0.4, 0.5) is 14.5 Å². The smallest absolute Gasteiger partial charge is 0.234 e. The fourth-order valence-corrected chi connectivity index (χ4v) is 3.89. The summed E-state index contributed by atoms with van der Waals surface area (Å²) in [5.74, 6) is -0.120. The molecule has 0 radical (unpaired) electrons. The predicted octanol–water partition coefficient (Wildman–Crippen LogP) is 5.02. The molecule has 1 N–H and O–H groups in total. The Bertz CT molecular complexity index is 1090. The molecule has 0 saturated heterocycles. The minimum absolute atomic E-state index is 0.00468. The van der Waals surface area contributed by atoms with Gasteiger partial charge < -0.3 is 19.4 Å². The van der Waals surface area contributed by atoms with E-state index in [1.165, 1.54) is 0 Å². The molecule has 1 aromatic heterocycles. The molecule has 3 rings (SSSR count). The van der Waals surface area contributed by atoms with Gasteiger partial charge in [-0.25, -0.2) is 8.78 Å². The van der Waals surface area contributed by atoms with Gasteiger partial charge in [-0.3, -0.25) is 4.79 Å². The number of thioether (sulfide) groups is 1. The number of nitrogens with zero attached hydrogens (tertiary/aromatic N) is 3. The van der Waals surface area contributed by atoms with Crippen LogP contribution in [-0.2, 0) is 4.79 Å². The first-order chi connectivity index (χ1) is 15.3. The first-order valence-corrected chi connectivity index (χ1v) is 10.9. The highest BCUT2D eigenvalue weighted by Crippen LogP contribution is 2.32. The molecule has 1 unspecified atom stereocenters. The number of nitrogens with one attached hydrogen (secondary N) is 1. The third-order valence-corrected chi connectivity index (χ3v) is 5.42. The van der Waals surface area contributed by atoms with Gasteiger partial charge in [0.2, 0.25) is 5.91 Å². The van der Waals surface area contributed by atoms with Gasteiger partial charge in [-0.2, -0.15) is 0 Å². The largest absolute Gasteiger partial charge is 0.493 e. The number of methoxy groups -OCH3 is 1. The minimum atomic E-state index is -0.709. The number of aromatic nitrogens is 3. The Balaban J connectivity index is 1.71. The molecule has 1 heterocycles. The van der Waals surface area contributed by atoms with Crippen LogP contribution >= 0.6 is 11.8 Å². The number of hydrogen-bond donors (Lipinski definition) is 1. The van der Waals surface area contributed by atoms with E-state index >= 15 is 0 Å².